The van der Waals surface area contributed by atoms with Crippen LogP contribution < -0.4 is 0 Å². The fourth-order valence-corrected chi connectivity index (χ4v) is 8.37. The molecule has 0 bridgehead atoms. The van der Waals surface area contributed by atoms with Crippen LogP contribution in [0.2, 0.25) is 0 Å². The van der Waals surface area contributed by atoms with Gasteiger partial charge in [0.2, 0.25) is 0 Å². The normalized spacial score (nSPS) is 12.8. The number of esters is 3. The van der Waals surface area contributed by atoms with Gasteiger partial charge in [-0.1, -0.05) is 240 Å². The van der Waals surface area contributed by atoms with Crippen LogP contribution in [0.15, 0.2) is 97.2 Å². The Morgan fingerprint density at radius 3 is 0.781 bits per heavy atom. The molecule has 6 heteroatoms. The fourth-order valence-electron chi connectivity index (χ4n) is 8.37. The summed E-state index contributed by atoms with van der Waals surface area (Å²) in [5.74, 6) is -0.930. The van der Waals surface area contributed by atoms with Crippen LogP contribution in [-0.2, 0) is 28.6 Å². The summed E-state index contributed by atoms with van der Waals surface area (Å²) >= 11 is 0. The predicted octanol–water partition coefficient (Wildman–Crippen LogP) is 20.9. The molecular weight excluding hydrogens is 901 g/mol. The Morgan fingerprint density at radius 2 is 0.493 bits per heavy atom. The van der Waals surface area contributed by atoms with Gasteiger partial charge in [-0.25, -0.2) is 0 Å². The maximum Gasteiger partial charge on any atom is 0.306 e. The Labute approximate surface area is 451 Å². The van der Waals surface area contributed by atoms with Gasteiger partial charge in [-0.2, -0.15) is 0 Å². The third kappa shape index (κ3) is 59.1. The van der Waals surface area contributed by atoms with Gasteiger partial charge in [-0.05, 0) is 128 Å². The lowest BCUT2D eigenvalue weighted by Crippen LogP contribution is -2.30. The smallest absolute Gasteiger partial charge is 0.306 e. The van der Waals surface area contributed by atoms with Gasteiger partial charge in [0.25, 0.3) is 0 Å². The Morgan fingerprint density at radius 1 is 0.274 bits per heavy atom. The summed E-state index contributed by atoms with van der Waals surface area (Å²) in [6.45, 7) is 6.54. The molecule has 418 valence electrons. The summed E-state index contributed by atoms with van der Waals surface area (Å²) in [5.41, 5.74) is 0. The van der Waals surface area contributed by atoms with E-state index in [0.717, 1.165) is 103 Å². The standard InChI is InChI=1S/C67H114O6/c1-4-7-10-13-16-19-22-25-28-31-33-36-39-42-45-48-51-54-57-60-66(69)72-63-64(62-71-65(68)59-56-53-50-47-44-41-38-35-30-27-24-21-18-15-12-9-6-3)73-67(70)61-58-55-52-49-46-43-40-37-34-32-29-26-23-20-17-14-11-8-5-2/h16-21,25-30,33,36,42,45,64H,4-15,22-24,31-32,34-35,37-41,43-44,46-63H2,1-3H3/b19-16+,20-17+,21-18+,28-25+,29-26+,30-27+,36-33+,45-42+/t64-/m1/s1. The van der Waals surface area contributed by atoms with Gasteiger partial charge in [0, 0.05) is 19.3 Å². The Bertz CT molecular complexity index is 1440. The van der Waals surface area contributed by atoms with Crippen LogP contribution >= 0.6 is 0 Å². The molecule has 0 saturated heterocycles. The number of rotatable bonds is 55. The lowest BCUT2D eigenvalue weighted by atomic mass is 10.1. The van der Waals surface area contributed by atoms with Crippen molar-refractivity contribution in [2.45, 2.75) is 297 Å². The minimum atomic E-state index is -0.799. The Kier molecular flexibility index (Phi) is 57.8. The van der Waals surface area contributed by atoms with Gasteiger partial charge in [-0.3, -0.25) is 14.4 Å². The molecule has 0 rings (SSSR count). The minimum absolute atomic E-state index is 0.0938. The molecule has 0 aromatic carbocycles. The summed E-state index contributed by atoms with van der Waals surface area (Å²) in [5, 5.41) is 0. The molecule has 0 N–H and O–H groups in total. The van der Waals surface area contributed by atoms with E-state index in [4.69, 9.17) is 14.2 Å². The molecule has 0 fully saturated rings. The summed E-state index contributed by atoms with van der Waals surface area (Å²) < 4.78 is 16.9. The topological polar surface area (TPSA) is 78.9 Å². The number of ether oxygens (including phenoxy) is 3. The van der Waals surface area contributed by atoms with Crippen LogP contribution in [0.3, 0.4) is 0 Å². The summed E-state index contributed by atoms with van der Waals surface area (Å²) in [7, 11) is 0. The van der Waals surface area contributed by atoms with Gasteiger partial charge in [-0.15, -0.1) is 0 Å². The number of carbonyl (C=O) groups excluding carboxylic acids is 3. The van der Waals surface area contributed by atoms with Crippen molar-refractivity contribution in [2.75, 3.05) is 13.2 Å². The zero-order valence-corrected chi connectivity index (χ0v) is 47.9. The van der Waals surface area contributed by atoms with Gasteiger partial charge in [0.15, 0.2) is 6.10 Å². The zero-order chi connectivity index (χ0) is 52.9. The highest BCUT2D eigenvalue weighted by molar-refractivity contribution is 5.71. The van der Waals surface area contributed by atoms with Gasteiger partial charge < -0.3 is 14.2 Å². The largest absolute Gasteiger partial charge is 0.462 e. The van der Waals surface area contributed by atoms with Crippen molar-refractivity contribution in [1.29, 1.82) is 0 Å². The molecule has 1 atom stereocenters. The number of unbranched alkanes of at least 4 members (excludes halogenated alkanes) is 28. The monoisotopic (exact) mass is 1010 g/mol. The van der Waals surface area contributed by atoms with Crippen molar-refractivity contribution in [1.82, 2.24) is 0 Å². The van der Waals surface area contributed by atoms with E-state index in [2.05, 4.69) is 118 Å². The third-order valence-electron chi connectivity index (χ3n) is 13.0. The molecule has 0 unspecified atom stereocenters. The predicted molar refractivity (Wildman–Crippen MR) is 316 cm³/mol. The number of allylic oxidation sites excluding steroid dienone is 16. The van der Waals surface area contributed by atoms with E-state index in [1.54, 1.807) is 0 Å². The highest BCUT2D eigenvalue weighted by Crippen LogP contribution is 2.15. The number of carbonyl (C=O) groups is 3. The minimum Gasteiger partial charge on any atom is -0.462 e. The molecule has 0 aliphatic heterocycles. The molecule has 0 radical (unpaired) electrons. The highest BCUT2D eigenvalue weighted by Gasteiger charge is 2.19. The first-order valence-electron chi connectivity index (χ1n) is 30.7. The molecule has 6 nitrogen and oxygen atoms in total. The van der Waals surface area contributed by atoms with Gasteiger partial charge in [0.05, 0.1) is 0 Å². The average molecular weight is 1020 g/mol. The van der Waals surface area contributed by atoms with E-state index in [1.807, 2.05) is 0 Å². The van der Waals surface area contributed by atoms with E-state index in [-0.39, 0.29) is 31.1 Å². The highest BCUT2D eigenvalue weighted by atomic mass is 16.6. The van der Waals surface area contributed by atoms with Crippen LogP contribution in [-0.4, -0.2) is 37.2 Å². The second-order valence-electron chi connectivity index (χ2n) is 20.2. The molecule has 0 amide bonds. The van der Waals surface area contributed by atoms with Crippen LogP contribution in [0, 0.1) is 0 Å². The summed E-state index contributed by atoms with van der Waals surface area (Å²) in [4.78, 5) is 38.3. The summed E-state index contributed by atoms with van der Waals surface area (Å²) in [6, 6.07) is 0. The van der Waals surface area contributed by atoms with Crippen molar-refractivity contribution < 1.29 is 28.6 Å². The fraction of sp³-hybridized carbons (Fsp3) is 0.716. The molecule has 0 aromatic rings. The van der Waals surface area contributed by atoms with E-state index in [9.17, 15) is 14.4 Å². The molecule has 0 aliphatic carbocycles. The lowest BCUT2D eigenvalue weighted by Gasteiger charge is -2.18. The van der Waals surface area contributed by atoms with Crippen molar-refractivity contribution in [3.05, 3.63) is 97.2 Å². The first-order valence-corrected chi connectivity index (χ1v) is 30.7. The second kappa shape index (κ2) is 60.9. The van der Waals surface area contributed by atoms with Crippen LogP contribution in [0.1, 0.15) is 290 Å². The Balaban J connectivity index is 4.47. The summed E-state index contributed by atoms with van der Waals surface area (Å²) in [6.07, 6.45) is 81.1. The van der Waals surface area contributed by atoms with Crippen molar-refractivity contribution >= 4 is 17.9 Å². The lowest BCUT2D eigenvalue weighted by molar-refractivity contribution is -0.167. The van der Waals surface area contributed by atoms with E-state index >= 15 is 0 Å². The quantitative estimate of drug-likeness (QED) is 0.0261. The first kappa shape index (κ1) is 69.3. The van der Waals surface area contributed by atoms with Crippen LogP contribution in [0.25, 0.3) is 0 Å². The van der Waals surface area contributed by atoms with Crippen LogP contribution in [0.5, 0.6) is 0 Å². The number of hydrogen-bond donors (Lipinski definition) is 0. The van der Waals surface area contributed by atoms with E-state index in [0.29, 0.717) is 19.3 Å². The first-order chi connectivity index (χ1) is 36.0. The molecule has 0 aliphatic rings. The van der Waals surface area contributed by atoms with Gasteiger partial charge >= 0.3 is 17.9 Å². The Hall–Kier alpha value is -3.67. The second-order valence-corrected chi connectivity index (χ2v) is 20.2. The van der Waals surface area contributed by atoms with Crippen molar-refractivity contribution in [3.63, 3.8) is 0 Å². The zero-order valence-electron chi connectivity index (χ0n) is 47.9. The third-order valence-corrected chi connectivity index (χ3v) is 13.0. The van der Waals surface area contributed by atoms with E-state index in [1.165, 1.54) is 148 Å². The van der Waals surface area contributed by atoms with Gasteiger partial charge in [0.1, 0.15) is 13.2 Å². The number of hydrogen-bond acceptors (Lipinski definition) is 6. The molecule has 0 heterocycles. The molecule has 0 aromatic heterocycles. The van der Waals surface area contributed by atoms with Crippen molar-refractivity contribution in [3.8, 4) is 0 Å². The molecule has 73 heavy (non-hydrogen) atoms. The van der Waals surface area contributed by atoms with Crippen LogP contribution in [0.4, 0.5) is 0 Å². The molecule has 0 spiro atoms. The molecular formula is C67H114O6. The average Bonchev–Trinajstić information content (AvgIpc) is 3.39. The maximum atomic E-state index is 12.9. The molecule has 0 saturated carbocycles. The maximum absolute atomic E-state index is 12.9. The van der Waals surface area contributed by atoms with E-state index < -0.39 is 6.10 Å². The SMILES string of the molecule is CCCCC/C=C/C/C=C/C/C=C/C/C=C/CCCCCC(=O)OC[C@@H](COC(=O)CCCCCCCCC/C=C/C/C=C/CCCCC)OC(=O)CCCCCCCCCCC/C=C/C/C=C/CCCCC. The van der Waals surface area contributed by atoms with Crippen molar-refractivity contribution in [2.24, 2.45) is 0 Å².